The molecule has 0 bridgehead atoms. The Morgan fingerprint density at radius 2 is 1.88 bits per heavy atom. The molecule has 136 valence electrons. The van der Waals surface area contributed by atoms with E-state index in [9.17, 15) is 9.18 Å². The smallest absolute Gasteiger partial charge is 0.240 e. The maximum Gasteiger partial charge on any atom is 0.240 e. The average molecular weight is 378 g/mol. The number of amides is 1. The molecule has 1 amide bonds. The van der Waals surface area contributed by atoms with Crippen molar-refractivity contribution in [2.24, 2.45) is 11.7 Å². The van der Waals surface area contributed by atoms with Gasteiger partial charge in [-0.3, -0.25) is 4.79 Å². The van der Waals surface area contributed by atoms with Gasteiger partial charge in [0.2, 0.25) is 5.91 Å². The lowest BCUT2D eigenvalue weighted by atomic mass is 9.97. The molecule has 1 atom stereocenters. The maximum atomic E-state index is 13.0. The molecular formula is C17H26Cl2FN3O. The van der Waals surface area contributed by atoms with Crippen LogP contribution < -0.4 is 16.0 Å². The highest BCUT2D eigenvalue weighted by Gasteiger charge is 2.37. The number of nitrogens with one attached hydrogen (secondary N) is 1. The zero-order valence-electron chi connectivity index (χ0n) is 13.7. The zero-order chi connectivity index (χ0) is 15.6. The molecule has 1 aromatic carbocycles. The Morgan fingerprint density at radius 3 is 2.50 bits per heavy atom. The van der Waals surface area contributed by atoms with Crippen molar-refractivity contribution in [3.05, 3.63) is 30.1 Å². The van der Waals surface area contributed by atoms with Crippen LogP contribution in [-0.2, 0) is 4.79 Å². The van der Waals surface area contributed by atoms with E-state index in [2.05, 4.69) is 10.2 Å². The van der Waals surface area contributed by atoms with Crippen molar-refractivity contribution in [1.29, 1.82) is 0 Å². The van der Waals surface area contributed by atoms with E-state index in [0.717, 1.165) is 50.9 Å². The monoisotopic (exact) mass is 377 g/mol. The highest BCUT2D eigenvalue weighted by molar-refractivity contribution is 5.86. The maximum absolute atomic E-state index is 13.0. The van der Waals surface area contributed by atoms with Crippen LogP contribution in [0, 0.1) is 11.7 Å². The number of hydrogen-bond donors (Lipinski definition) is 2. The predicted octanol–water partition coefficient (Wildman–Crippen LogP) is 2.88. The highest BCUT2D eigenvalue weighted by Crippen LogP contribution is 2.28. The van der Waals surface area contributed by atoms with Crippen molar-refractivity contribution in [3.8, 4) is 0 Å². The third-order valence-electron chi connectivity index (χ3n) is 4.98. The van der Waals surface area contributed by atoms with Crippen LogP contribution in [0.2, 0.25) is 0 Å². The lowest BCUT2D eigenvalue weighted by Crippen LogP contribution is -2.52. The first-order valence-corrected chi connectivity index (χ1v) is 8.14. The molecular weight excluding hydrogens is 352 g/mol. The third kappa shape index (κ3) is 4.74. The minimum absolute atomic E-state index is 0. The van der Waals surface area contributed by atoms with Crippen LogP contribution in [0.3, 0.4) is 0 Å². The van der Waals surface area contributed by atoms with Gasteiger partial charge in [0, 0.05) is 25.3 Å². The number of carbonyl (C=O) groups excluding carboxylic acids is 1. The minimum Gasteiger partial charge on any atom is -0.371 e. The quantitative estimate of drug-likeness (QED) is 0.847. The van der Waals surface area contributed by atoms with Crippen molar-refractivity contribution in [2.45, 2.75) is 37.6 Å². The molecule has 24 heavy (non-hydrogen) atoms. The Bertz CT molecular complexity index is 535. The normalized spacial score (nSPS) is 21.8. The van der Waals surface area contributed by atoms with E-state index in [4.69, 9.17) is 5.73 Å². The Hall–Kier alpha value is -1.04. The summed E-state index contributed by atoms with van der Waals surface area (Å²) in [6, 6.07) is 6.60. The SMILES string of the molecule is Cl.Cl.NC1(C(=O)NCC2CCN(c3ccc(F)cc3)C2)CCCC1. The first-order valence-electron chi connectivity index (χ1n) is 8.14. The molecule has 1 aliphatic carbocycles. The van der Waals surface area contributed by atoms with Crippen LogP contribution in [-0.4, -0.2) is 31.1 Å². The molecule has 1 saturated carbocycles. The number of benzene rings is 1. The number of rotatable bonds is 4. The molecule has 1 heterocycles. The van der Waals surface area contributed by atoms with Gasteiger partial charge in [-0.2, -0.15) is 0 Å². The standard InChI is InChI=1S/C17H24FN3O.2ClH/c18-14-3-5-15(6-4-14)21-10-7-13(12-21)11-20-16(22)17(19)8-1-2-9-17;;/h3-6,13H,1-2,7-12,19H2,(H,20,22);2*1H. The summed E-state index contributed by atoms with van der Waals surface area (Å²) in [6.45, 7) is 2.51. The van der Waals surface area contributed by atoms with Crippen LogP contribution in [0.25, 0.3) is 0 Å². The van der Waals surface area contributed by atoms with Gasteiger partial charge in [0.25, 0.3) is 0 Å². The van der Waals surface area contributed by atoms with E-state index < -0.39 is 5.54 Å². The summed E-state index contributed by atoms with van der Waals surface area (Å²) in [4.78, 5) is 14.5. The molecule has 0 aromatic heterocycles. The molecule has 7 heteroatoms. The van der Waals surface area contributed by atoms with Gasteiger partial charge in [-0.1, -0.05) is 12.8 Å². The summed E-state index contributed by atoms with van der Waals surface area (Å²) in [5, 5.41) is 3.04. The number of halogens is 3. The van der Waals surface area contributed by atoms with Gasteiger partial charge < -0.3 is 16.0 Å². The van der Waals surface area contributed by atoms with Gasteiger partial charge in [0.05, 0.1) is 5.54 Å². The summed E-state index contributed by atoms with van der Waals surface area (Å²) in [7, 11) is 0. The summed E-state index contributed by atoms with van der Waals surface area (Å²) in [6.07, 6.45) is 4.73. The second-order valence-corrected chi connectivity index (χ2v) is 6.65. The fourth-order valence-electron chi connectivity index (χ4n) is 3.53. The Kier molecular flexibility index (Phi) is 7.77. The molecule has 0 spiro atoms. The Labute approximate surface area is 155 Å². The Morgan fingerprint density at radius 1 is 1.25 bits per heavy atom. The second-order valence-electron chi connectivity index (χ2n) is 6.65. The van der Waals surface area contributed by atoms with E-state index in [0.29, 0.717) is 12.5 Å². The number of hydrogen-bond acceptors (Lipinski definition) is 3. The van der Waals surface area contributed by atoms with E-state index in [1.165, 1.54) is 12.1 Å². The number of carbonyl (C=O) groups is 1. The van der Waals surface area contributed by atoms with Crippen LogP contribution >= 0.6 is 24.8 Å². The molecule has 2 aliphatic rings. The second kappa shape index (κ2) is 8.88. The van der Waals surface area contributed by atoms with E-state index in [-0.39, 0.29) is 36.5 Å². The largest absolute Gasteiger partial charge is 0.371 e. The molecule has 3 rings (SSSR count). The van der Waals surface area contributed by atoms with E-state index in [1.54, 1.807) is 0 Å². The molecule has 1 aromatic rings. The van der Waals surface area contributed by atoms with E-state index in [1.807, 2.05) is 12.1 Å². The van der Waals surface area contributed by atoms with Gasteiger partial charge >= 0.3 is 0 Å². The summed E-state index contributed by atoms with van der Waals surface area (Å²) in [5.41, 5.74) is 6.56. The van der Waals surface area contributed by atoms with Gasteiger partial charge in [0.15, 0.2) is 0 Å². The Balaban J connectivity index is 0.00000144. The van der Waals surface area contributed by atoms with Crippen molar-refractivity contribution >= 4 is 36.4 Å². The van der Waals surface area contributed by atoms with Crippen molar-refractivity contribution < 1.29 is 9.18 Å². The fourth-order valence-corrected chi connectivity index (χ4v) is 3.53. The molecule has 0 radical (unpaired) electrons. The minimum atomic E-state index is -0.644. The first kappa shape index (κ1) is 21.0. The van der Waals surface area contributed by atoms with Crippen molar-refractivity contribution in [2.75, 3.05) is 24.5 Å². The van der Waals surface area contributed by atoms with Crippen molar-refractivity contribution in [3.63, 3.8) is 0 Å². The first-order chi connectivity index (χ1) is 10.6. The molecule has 3 N–H and O–H groups in total. The van der Waals surface area contributed by atoms with Gasteiger partial charge in [-0.25, -0.2) is 4.39 Å². The molecule has 1 saturated heterocycles. The number of nitrogens with zero attached hydrogens (tertiary/aromatic N) is 1. The fraction of sp³-hybridized carbons (Fsp3) is 0.588. The van der Waals surface area contributed by atoms with Crippen LogP contribution in [0.4, 0.5) is 10.1 Å². The molecule has 1 unspecified atom stereocenters. The summed E-state index contributed by atoms with van der Waals surface area (Å²) < 4.78 is 13.0. The molecule has 1 aliphatic heterocycles. The lowest BCUT2D eigenvalue weighted by molar-refractivity contribution is -0.126. The van der Waals surface area contributed by atoms with Crippen LogP contribution in [0.5, 0.6) is 0 Å². The van der Waals surface area contributed by atoms with Gasteiger partial charge in [0.1, 0.15) is 5.82 Å². The predicted molar refractivity (Wildman–Crippen MR) is 99.6 cm³/mol. The van der Waals surface area contributed by atoms with Crippen LogP contribution in [0.1, 0.15) is 32.1 Å². The van der Waals surface area contributed by atoms with Gasteiger partial charge in [-0.05, 0) is 49.4 Å². The van der Waals surface area contributed by atoms with E-state index >= 15 is 0 Å². The van der Waals surface area contributed by atoms with Crippen LogP contribution in [0.15, 0.2) is 24.3 Å². The molecule has 2 fully saturated rings. The molecule has 4 nitrogen and oxygen atoms in total. The topological polar surface area (TPSA) is 58.4 Å². The lowest BCUT2D eigenvalue weighted by Gasteiger charge is -2.23. The number of nitrogens with two attached hydrogens (primary N) is 1. The average Bonchev–Trinajstić information content (AvgIpc) is 3.15. The third-order valence-corrected chi connectivity index (χ3v) is 4.98. The zero-order valence-corrected chi connectivity index (χ0v) is 15.3. The van der Waals surface area contributed by atoms with Gasteiger partial charge in [-0.15, -0.1) is 24.8 Å². The van der Waals surface area contributed by atoms with Crippen molar-refractivity contribution in [1.82, 2.24) is 5.32 Å². The highest BCUT2D eigenvalue weighted by atomic mass is 35.5. The number of anilines is 1. The summed E-state index contributed by atoms with van der Waals surface area (Å²) in [5.74, 6) is 0.223. The summed E-state index contributed by atoms with van der Waals surface area (Å²) >= 11 is 0.